The Hall–Kier alpha value is -3.35. The lowest BCUT2D eigenvalue weighted by molar-refractivity contribution is 0.395. The summed E-state index contributed by atoms with van der Waals surface area (Å²) >= 11 is 0. The number of benzene rings is 2. The van der Waals surface area contributed by atoms with Crippen molar-refractivity contribution in [2.24, 2.45) is 0 Å². The van der Waals surface area contributed by atoms with Gasteiger partial charge in [0, 0.05) is 29.4 Å². The Kier molecular flexibility index (Phi) is 4.42. The third-order valence-corrected chi connectivity index (χ3v) is 3.39. The molecule has 0 spiro atoms. The van der Waals surface area contributed by atoms with Crippen LogP contribution in [-0.2, 0) is 0 Å². The normalized spacial score (nSPS) is 10.2. The highest BCUT2D eigenvalue weighted by molar-refractivity contribution is 6.08. The molecule has 3 aromatic rings. The summed E-state index contributed by atoms with van der Waals surface area (Å²) in [5.74, 6) is 2.06. The van der Waals surface area contributed by atoms with Gasteiger partial charge in [-0.25, -0.2) is 0 Å². The average Bonchev–Trinajstić information content (AvgIpc) is 3.09. The van der Waals surface area contributed by atoms with Gasteiger partial charge in [0.2, 0.25) is 5.95 Å². The first-order valence-corrected chi connectivity index (χ1v) is 7.26. The third kappa shape index (κ3) is 3.35. The topological polar surface area (TPSA) is 95.9 Å². The van der Waals surface area contributed by atoms with Crippen LogP contribution in [0.5, 0.6) is 11.5 Å². The van der Waals surface area contributed by atoms with Crippen molar-refractivity contribution in [3.8, 4) is 11.5 Å². The summed E-state index contributed by atoms with van der Waals surface area (Å²) in [5, 5.41) is 18.1. The number of hydrogen-bond acceptors (Lipinski definition) is 6. The predicted molar refractivity (Wildman–Crippen MR) is 91.6 cm³/mol. The Morgan fingerprint density at radius 3 is 2.33 bits per heavy atom. The zero-order valence-electron chi connectivity index (χ0n) is 13.3. The second-order valence-corrected chi connectivity index (χ2v) is 4.97. The van der Waals surface area contributed by atoms with E-state index in [4.69, 9.17) is 14.9 Å². The molecule has 24 heavy (non-hydrogen) atoms. The predicted octanol–water partition coefficient (Wildman–Crippen LogP) is 2.98. The Labute approximate surface area is 139 Å². The number of anilines is 2. The Bertz CT molecular complexity index is 823. The van der Waals surface area contributed by atoms with Crippen LogP contribution in [0.2, 0.25) is 0 Å². The largest absolute Gasteiger partial charge is 0.497 e. The van der Waals surface area contributed by atoms with Crippen molar-refractivity contribution in [2.75, 3.05) is 19.5 Å². The fraction of sp³-hybridized carbons (Fsp3) is 0.118. The van der Waals surface area contributed by atoms with Gasteiger partial charge in [0.15, 0.2) is 5.82 Å². The number of aromatic nitrogens is 3. The Balaban J connectivity index is 1.80. The van der Waals surface area contributed by atoms with Crippen molar-refractivity contribution < 1.29 is 9.47 Å². The summed E-state index contributed by atoms with van der Waals surface area (Å²) in [7, 11) is 3.18. The fourth-order valence-corrected chi connectivity index (χ4v) is 2.18. The number of H-pyrrole nitrogens is 1. The van der Waals surface area contributed by atoms with Crippen molar-refractivity contribution >= 4 is 17.3 Å². The van der Waals surface area contributed by atoms with Gasteiger partial charge in [-0.3, -0.25) is 10.5 Å². The minimum absolute atomic E-state index is 0.277. The van der Waals surface area contributed by atoms with E-state index in [1.54, 1.807) is 32.4 Å². The van der Waals surface area contributed by atoms with E-state index in [0.29, 0.717) is 23.3 Å². The second kappa shape index (κ2) is 6.82. The number of hydrogen-bond donors (Lipinski definition) is 3. The van der Waals surface area contributed by atoms with Gasteiger partial charge in [0.25, 0.3) is 0 Å². The first-order valence-electron chi connectivity index (χ1n) is 7.26. The van der Waals surface area contributed by atoms with Gasteiger partial charge in [-0.1, -0.05) is 30.3 Å². The van der Waals surface area contributed by atoms with Crippen LogP contribution in [0.3, 0.4) is 0 Å². The highest BCUT2D eigenvalue weighted by Gasteiger charge is 2.11. The molecule has 1 aromatic heterocycles. The summed E-state index contributed by atoms with van der Waals surface area (Å²) in [6.07, 6.45) is 0. The minimum Gasteiger partial charge on any atom is -0.497 e. The number of ether oxygens (including phenoxy) is 2. The van der Waals surface area contributed by atoms with Gasteiger partial charge in [0.05, 0.1) is 14.2 Å². The molecule has 1 heterocycles. The van der Waals surface area contributed by atoms with Crippen LogP contribution in [0.1, 0.15) is 11.4 Å². The van der Waals surface area contributed by atoms with Crippen LogP contribution in [0.25, 0.3) is 0 Å². The van der Waals surface area contributed by atoms with E-state index in [2.05, 4.69) is 20.5 Å². The highest BCUT2D eigenvalue weighted by atomic mass is 16.5. The highest BCUT2D eigenvalue weighted by Crippen LogP contribution is 2.27. The number of nitrogens with zero attached hydrogens (tertiary/aromatic N) is 2. The van der Waals surface area contributed by atoms with Gasteiger partial charge in [-0.2, -0.15) is 4.98 Å². The zero-order chi connectivity index (χ0) is 16.9. The van der Waals surface area contributed by atoms with E-state index in [1.165, 1.54) is 0 Å². The molecule has 122 valence electrons. The second-order valence-electron chi connectivity index (χ2n) is 4.97. The summed E-state index contributed by atoms with van der Waals surface area (Å²) < 4.78 is 10.5. The standard InChI is InChI=1S/C17H17N5O2/c1-23-13-8-12(9-14(10-13)24-2)19-17-20-16(21-22-17)15(18)11-6-4-3-5-7-11/h3-10,18H,1-2H3,(H2,19,20,21,22). The van der Waals surface area contributed by atoms with Crippen LogP contribution in [-0.4, -0.2) is 35.1 Å². The van der Waals surface area contributed by atoms with Crippen molar-refractivity contribution in [3.63, 3.8) is 0 Å². The average molecular weight is 323 g/mol. The van der Waals surface area contributed by atoms with Gasteiger partial charge >= 0.3 is 0 Å². The molecule has 0 bridgehead atoms. The molecule has 3 rings (SSSR count). The lowest BCUT2D eigenvalue weighted by Crippen LogP contribution is -2.03. The smallest absolute Gasteiger partial charge is 0.246 e. The molecule has 0 fully saturated rings. The van der Waals surface area contributed by atoms with E-state index < -0.39 is 0 Å². The first kappa shape index (κ1) is 15.5. The SMILES string of the molecule is COc1cc(Nc2n[nH]c(C(=N)c3ccccc3)n2)cc(OC)c1. The van der Waals surface area contributed by atoms with Crippen molar-refractivity contribution in [2.45, 2.75) is 0 Å². The van der Waals surface area contributed by atoms with E-state index in [-0.39, 0.29) is 5.71 Å². The Morgan fingerprint density at radius 1 is 1.04 bits per heavy atom. The van der Waals surface area contributed by atoms with E-state index >= 15 is 0 Å². The molecule has 0 aliphatic rings. The van der Waals surface area contributed by atoms with E-state index in [1.807, 2.05) is 30.3 Å². The maximum Gasteiger partial charge on any atom is 0.246 e. The molecule has 0 saturated heterocycles. The summed E-state index contributed by atoms with van der Waals surface area (Å²) in [6, 6.07) is 14.8. The number of methoxy groups -OCH3 is 2. The molecule has 7 heteroatoms. The van der Waals surface area contributed by atoms with Crippen LogP contribution < -0.4 is 14.8 Å². The minimum atomic E-state index is 0.277. The molecule has 0 amide bonds. The number of rotatable bonds is 6. The fourth-order valence-electron chi connectivity index (χ4n) is 2.18. The molecular formula is C17H17N5O2. The van der Waals surface area contributed by atoms with E-state index in [0.717, 1.165) is 11.3 Å². The van der Waals surface area contributed by atoms with Gasteiger partial charge in [-0.05, 0) is 0 Å². The molecule has 0 aliphatic heterocycles. The maximum absolute atomic E-state index is 8.19. The van der Waals surface area contributed by atoms with Gasteiger partial charge < -0.3 is 14.8 Å². The molecular weight excluding hydrogens is 306 g/mol. The molecule has 0 unspecified atom stereocenters. The third-order valence-electron chi connectivity index (χ3n) is 3.39. The van der Waals surface area contributed by atoms with Crippen LogP contribution >= 0.6 is 0 Å². The van der Waals surface area contributed by atoms with Crippen molar-refractivity contribution in [3.05, 3.63) is 59.9 Å². The molecule has 0 aliphatic carbocycles. The molecule has 0 saturated carbocycles. The zero-order valence-corrected chi connectivity index (χ0v) is 13.3. The summed E-state index contributed by atoms with van der Waals surface area (Å²) in [4.78, 5) is 4.31. The van der Waals surface area contributed by atoms with E-state index in [9.17, 15) is 0 Å². The first-order chi connectivity index (χ1) is 11.7. The molecule has 0 atom stereocenters. The van der Waals surface area contributed by atoms with Crippen molar-refractivity contribution in [1.29, 1.82) is 5.41 Å². The lowest BCUT2D eigenvalue weighted by Gasteiger charge is -2.08. The number of nitrogens with one attached hydrogen (secondary N) is 3. The van der Waals surface area contributed by atoms with Crippen LogP contribution in [0.15, 0.2) is 48.5 Å². The summed E-state index contributed by atoms with van der Waals surface area (Å²) in [6.45, 7) is 0. The van der Waals surface area contributed by atoms with Crippen LogP contribution in [0.4, 0.5) is 11.6 Å². The van der Waals surface area contributed by atoms with Crippen molar-refractivity contribution in [1.82, 2.24) is 15.2 Å². The molecule has 7 nitrogen and oxygen atoms in total. The Morgan fingerprint density at radius 2 is 1.71 bits per heavy atom. The van der Waals surface area contributed by atoms with Gasteiger partial charge in [0.1, 0.15) is 17.2 Å². The van der Waals surface area contributed by atoms with Crippen LogP contribution in [0, 0.1) is 5.41 Å². The molecule has 3 N–H and O–H groups in total. The molecule has 0 radical (unpaired) electrons. The number of aromatic amines is 1. The maximum atomic E-state index is 8.19. The monoisotopic (exact) mass is 323 g/mol. The van der Waals surface area contributed by atoms with Gasteiger partial charge in [-0.15, -0.1) is 5.10 Å². The molecule has 2 aromatic carbocycles. The lowest BCUT2D eigenvalue weighted by atomic mass is 10.1. The quantitative estimate of drug-likeness (QED) is 0.606. The summed E-state index contributed by atoms with van der Waals surface area (Å²) in [5.41, 5.74) is 1.77.